The normalized spacial score (nSPS) is 10.0. The van der Waals surface area contributed by atoms with Crippen molar-refractivity contribution in [3.8, 4) is 11.5 Å². The molecule has 0 saturated heterocycles. The summed E-state index contributed by atoms with van der Waals surface area (Å²) in [5, 5.41) is -0.645. The topological polar surface area (TPSA) is 52.6 Å². The number of benzene rings is 2. The number of hydrogen-bond acceptors (Lipinski definition) is 4. The van der Waals surface area contributed by atoms with Crippen molar-refractivity contribution in [2.24, 2.45) is 0 Å². The van der Waals surface area contributed by atoms with E-state index in [1.807, 2.05) is 30.3 Å². The molecule has 0 aliphatic carbocycles. The largest absolute Gasteiger partial charge is 0.489 e. The van der Waals surface area contributed by atoms with Crippen LogP contribution in [0, 0.1) is 0 Å². The summed E-state index contributed by atoms with van der Waals surface area (Å²) in [7, 11) is 0. The van der Waals surface area contributed by atoms with Crippen LogP contribution in [0.5, 0.6) is 11.5 Å². The fourth-order valence-corrected chi connectivity index (χ4v) is 1.84. The van der Waals surface area contributed by atoms with Crippen LogP contribution < -0.4 is 9.47 Å². The van der Waals surface area contributed by atoms with Crippen molar-refractivity contribution < 1.29 is 19.1 Å². The van der Waals surface area contributed by atoms with Gasteiger partial charge >= 0.3 is 5.97 Å². The molecule has 4 nitrogen and oxygen atoms in total. The standard InChI is InChI=1S/C16H13ClO4/c1-11(18)21-15-8-13(16(17)19)7-14(9-15)20-10-12-5-3-2-4-6-12/h2-9H,10H2,1H3. The summed E-state index contributed by atoms with van der Waals surface area (Å²) in [5.74, 6) is 0.141. The highest BCUT2D eigenvalue weighted by molar-refractivity contribution is 6.67. The van der Waals surface area contributed by atoms with Crippen LogP contribution in [-0.4, -0.2) is 11.2 Å². The molecule has 0 aliphatic heterocycles. The minimum atomic E-state index is -0.645. The Hall–Kier alpha value is -2.33. The second kappa shape index (κ2) is 6.90. The van der Waals surface area contributed by atoms with E-state index in [0.717, 1.165) is 5.56 Å². The molecule has 0 saturated carbocycles. The van der Waals surface area contributed by atoms with E-state index in [2.05, 4.69) is 0 Å². The van der Waals surface area contributed by atoms with Gasteiger partial charge in [0.1, 0.15) is 18.1 Å². The Bertz CT molecular complexity index is 653. The molecule has 0 N–H and O–H groups in total. The molecule has 0 amide bonds. The Labute approximate surface area is 127 Å². The first-order valence-electron chi connectivity index (χ1n) is 6.24. The third kappa shape index (κ3) is 4.61. The van der Waals surface area contributed by atoms with Crippen molar-refractivity contribution in [3.05, 3.63) is 59.7 Å². The zero-order valence-corrected chi connectivity index (χ0v) is 12.1. The van der Waals surface area contributed by atoms with Crippen LogP contribution >= 0.6 is 11.6 Å². The quantitative estimate of drug-likeness (QED) is 0.481. The molecule has 0 bridgehead atoms. The number of rotatable bonds is 5. The predicted octanol–water partition coefficient (Wildman–Crippen LogP) is 3.57. The zero-order valence-electron chi connectivity index (χ0n) is 11.3. The lowest BCUT2D eigenvalue weighted by molar-refractivity contribution is -0.131. The second-order valence-corrected chi connectivity index (χ2v) is 4.68. The molecule has 2 rings (SSSR count). The summed E-state index contributed by atoms with van der Waals surface area (Å²) >= 11 is 5.47. The van der Waals surface area contributed by atoms with Gasteiger partial charge in [-0.05, 0) is 29.3 Å². The van der Waals surface area contributed by atoms with Gasteiger partial charge in [0.25, 0.3) is 5.24 Å². The van der Waals surface area contributed by atoms with Gasteiger partial charge in [0.15, 0.2) is 0 Å². The van der Waals surface area contributed by atoms with Crippen molar-refractivity contribution in [1.29, 1.82) is 0 Å². The summed E-state index contributed by atoms with van der Waals surface area (Å²) in [6.07, 6.45) is 0. The van der Waals surface area contributed by atoms with E-state index in [9.17, 15) is 9.59 Å². The average molecular weight is 305 g/mol. The third-order valence-electron chi connectivity index (χ3n) is 2.62. The lowest BCUT2D eigenvalue weighted by Crippen LogP contribution is -2.03. The first kappa shape index (κ1) is 15.1. The number of hydrogen-bond donors (Lipinski definition) is 0. The highest BCUT2D eigenvalue weighted by atomic mass is 35.5. The molecule has 0 unspecified atom stereocenters. The van der Waals surface area contributed by atoms with Crippen LogP contribution in [0.25, 0.3) is 0 Å². The first-order chi connectivity index (χ1) is 10.0. The van der Waals surface area contributed by atoms with E-state index in [1.54, 1.807) is 0 Å². The van der Waals surface area contributed by atoms with E-state index in [1.165, 1.54) is 25.1 Å². The lowest BCUT2D eigenvalue weighted by Gasteiger charge is -2.09. The molecule has 0 radical (unpaired) electrons. The molecule has 108 valence electrons. The third-order valence-corrected chi connectivity index (χ3v) is 2.84. The molecule has 0 heterocycles. The molecule has 0 spiro atoms. The Morgan fingerprint density at radius 3 is 2.33 bits per heavy atom. The molecule has 0 atom stereocenters. The number of halogens is 1. The van der Waals surface area contributed by atoms with Crippen molar-refractivity contribution in [2.75, 3.05) is 0 Å². The van der Waals surface area contributed by atoms with Crippen LogP contribution in [0.2, 0.25) is 0 Å². The first-order valence-corrected chi connectivity index (χ1v) is 6.62. The van der Waals surface area contributed by atoms with E-state index in [0.29, 0.717) is 12.4 Å². The van der Waals surface area contributed by atoms with E-state index in [4.69, 9.17) is 21.1 Å². The van der Waals surface area contributed by atoms with Gasteiger partial charge in [0.2, 0.25) is 0 Å². The van der Waals surface area contributed by atoms with Crippen LogP contribution in [0.1, 0.15) is 22.8 Å². The molecule has 2 aromatic carbocycles. The summed E-state index contributed by atoms with van der Waals surface area (Å²) in [6.45, 7) is 1.61. The van der Waals surface area contributed by atoms with Gasteiger partial charge < -0.3 is 9.47 Å². The van der Waals surface area contributed by atoms with Crippen LogP contribution in [0.15, 0.2) is 48.5 Å². The van der Waals surface area contributed by atoms with Gasteiger partial charge in [-0.2, -0.15) is 0 Å². The van der Waals surface area contributed by atoms with Gasteiger partial charge in [0, 0.05) is 18.6 Å². The minimum absolute atomic E-state index is 0.207. The van der Waals surface area contributed by atoms with Crippen molar-refractivity contribution in [1.82, 2.24) is 0 Å². The summed E-state index contributed by atoms with van der Waals surface area (Å²) < 4.78 is 10.6. The minimum Gasteiger partial charge on any atom is -0.489 e. The number of ether oxygens (including phenoxy) is 2. The van der Waals surface area contributed by atoms with Crippen molar-refractivity contribution in [2.45, 2.75) is 13.5 Å². The van der Waals surface area contributed by atoms with E-state index < -0.39 is 11.2 Å². The smallest absolute Gasteiger partial charge is 0.308 e. The van der Waals surface area contributed by atoms with Gasteiger partial charge in [-0.3, -0.25) is 9.59 Å². The van der Waals surface area contributed by atoms with Crippen molar-refractivity contribution in [3.63, 3.8) is 0 Å². The molecule has 0 fully saturated rings. The van der Waals surface area contributed by atoms with Crippen LogP contribution in [0.3, 0.4) is 0 Å². The molecule has 0 aliphatic rings. The molecular formula is C16H13ClO4. The summed E-state index contributed by atoms with van der Waals surface area (Å²) in [5.41, 5.74) is 1.19. The maximum atomic E-state index is 11.3. The average Bonchev–Trinajstić information content (AvgIpc) is 2.45. The Morgan fingerprint density at radius 1 is 1.05 bits per heavy atom. The van der Waals surface area contributed by atoms with Gasteiger partial charge in [-0.15, -0.1) is 0 Å². The maximum absolute atomic E-state index is 11.3. The Balaban J connectivity index is 2.19. The van der Waals surface area contributed by atoms with E-state index >= 15 is 0 Å². The fraction of sp³-hybridized carbons (Fsp3) is 0.125. The molecule has 2 aromatic rings. The maximum Gasteiger partial charge on any atom is 0.308 e. The monoisotopic (exact) mass is 304 g/mol. The van der Waals surface area contributed by atoms with Crippen LogP contribution in [-0.2, 0) is 11.4 Å². The zero-order chi connectivity index (χ0) is 15.2. The number of esters is 1. The predicted molar refractivity (Wildman–Crippen MR) is 78.7 cm³/mol. The highest BCUT2D eigenvalue weighted by Gasteiger charge is 2.09. The summed E-state index contributed by atoms with van der Waals surface area (Å²) in [6, 6.07) is 14.0. The van der Waals surface area contributed by atoms with Gasteiger partial charge in [0.05, 0.1) is 0 Å². The Kier molecular flexibility index (Phi) is 4.95. The summed E-state index contributed by atoms with van der Waals surface area (Å²) in [4.78, 5) is 22.3. The molecule has 5 heteroatoms. The fourth-order valence-electron chi connectivity index (χ4n) is 1.73. The second-order valence-electron chi connectivity index (χ2n) is 4.33. The SMILES string of the molecule is CC(=O)Oc1cc(OCc2ccccc2)cc(C(=O)Cl)c1. The van der Waals surface area contributed by atoms with Crippen molar-refractivity contribution >= 4 is 22.8 Å². The highest BCUT2D eigenvalue weighted by Crippen LogP contribution is 2.25. The lowest BCUT2D eigenvalue weighted by atomic mass is 10.2. The van der Waals surface area contributed by atoms with Crippen LogP contribution in [0.4, 0.5) is 0 Å². The Morgan fingerprint density at radius 2 is 1.71 bits per heavy atom. The van der Waals surface area contributed by atoms with Gasteiger partial charge in [-0.25, -0.2) is 0 Å². The van der Waals surface area contributed by atoms with Gasteiger partial charge in [-0.1, -0.05) is 30.3 Å². The van der Waals surface area contributed by atoms with E-state index in [-0.39, 0.29) is 11.3 Å². The number of carbonyl (C=O) groups excluding carboxylic acids is 2. The molecular weight excluding hydrogens is 292 g/mol. The molecule has 0 aromatic heterocycles. The molecule has 21 heavy (non-hydrogen) atoms. The number of carbonyl (C=O) groups is 2.